The molecule has 2 aromatic rings. The molecule has 0 atom stereocenters. The van der Waals surface area contributed by atoms with Gasteiger partial charge >= 0.3 is 6.09 Å². The predicted octanol–water partition coefficient (Wildman–Crippen LogP) is 3.47. The van der Waals surface area contributed by atoms with E-state index in [1.165, 1.54) is 11.1 Å². The maximum atomic E-state index is 11.9. The third-order valence-corrected chi connectivity index (χ3v) is 3.78. The van der Waals surface area contributed by atoms with Crippen molar-refractivity contribution in [1.29, 1.82) is 0 Å². The van der Waals surface area contributed by atoms with Crippen LogP contribution in [0.25, 0.3) is 0 Å². The molecule has 1 aliphatic rings. The van der Waals surface area contributed by atoms with Crippen molar-refractivity contribution in [3.63, 3.8) is 0 Å². The molecule has 2 aromatic carbocycles. The van der Waals surface area contributed by atoms with E-state index in [1.807, 2.05) is 42.5 Å². The molecule has 1 heterocycles. The van der Waals surface area contributed by atoms with Gasteiger partial charge in [-0.25, -0.2) is 4.79 Å². The fraction of sp³-hybridized carbons (Fsp3) is 0.278. The van der Waals surface area contributed by atoms with Gasteiger partial charge in [-0.1, -0.05) is 36.4 Å². The Morgan fingerprint density at radius 1 is 1.14 bits per heavy atom. The van der Waals surface area contributed by atoms with Crippen LogP contribution in [0.5, 0.6) is 0 Å². The molecule has 0 saturated heterocycles. The van der Waals surface area contributed by atoms with Crippen molar-refractivity contribution in [1.82, 2.24) is 5.32 Å². The summed E-state index contributed by atoms with van der Waals surface area (Å²) in [4.78, 5) is 11.9. The number of anilines is 1. The number of carbonyl (C=O) groups excluding carboxylic acids is 1. The van der Waals surface area contributed by atoms with Crippen LogP contribution in [-0.2, 0) is 24.3 Å². The van der Waals surface area contributed by atoms with Crippen LogP contribution < -0.4 is 10.6 Å². The van der Waals surface area contributed by atoms with Gasteiger partial charge in [-0.3, -0.25) is 5.32 Å². The quantitative estimate of drug-likeness (QED) is 0.912. The van der Waals surface area contributed by atoms with Gasteiger partial charge in [-0.15, -0.1) is 0 Å². The number of amides is 1. The highest BCUT2D eigenvalue weighted by Crippen LogP contribution is 2.19. The lowest BCUT2D eigenvalue weighted by molar-refractivity contribution is 0.155. The standard InChI is InChI=1S/C18H20N2O2/c21-18(22-13-14-5-2-1-3-6-14)20-17-9-8-15-7-4-10-19-12-16(15)11-17/h1-3,5-6,8-9,11,19H,4,7,10,12-13H2,(H,20,21). The van der Waals surface area contributed by atoms with Gasteiger partial charge in [0.15, 0.2) is 0 Å². The number of hydrogen-bond donors (Lipinski definition) is 2. The highest BCUT2D eigenvalue weighted by Gasteiger charge is 2.10. The Labute approximate surface area is 130 Å². The second kappa shape index (κ2) is 7.09. The Morgan fingerprint density at radius 2 is 2.00 bits per heavy atom. The first-order valence-corrected chi connectivity index (χ1v) is 7.61. The molecular formula is C18H20N2O2. The maximum absolute atomic E-state index is 11.9. The number of ether oxygens (including phenoxy) is 1. The van der Waals surface area contributed by atoms with Crippen LogP contribution in [0, 0.1) is 0 Å². The van der Waals surface area contributed by atoms with E-state index in [4.69, 9.17) is 4.74 Å². The molecule has 22 heavy (non-hydrogen) atoms. The van der Waals surface area contributed by atoms with Crippen molar-refractivity contribution in [3.05, 3.63) is 65.2 Å². The summed E-state index contributed by atoms with van der Waals surface area (Å²) >= 11 is 0. The second-order valence-corrected chi connectivity index (χ2v) is 5.45. The lowest BCUT2D eigenvalue weighted by atomic mass is 10.0. The number of hydrogen-bond acceptors (Lipinski definition) is 3. The van der Waals surface area contributed by atoms with Gasteiger partial charge < -0.3 is 10.1 Å². The van der Waals surface area contributed by atoms with Gasteiger partial charge in [0.2, 0.25) is 0 Å². The lowest BCUT2D eigenvalue weighted by Gasteiger charge is -2.10. The van der Waals surface area contributed by atoms with Gasteiger partial charge in [0.1, 0.15) is 6.61 Å². The summed E-state index contributed by atoms with van der Waals surface area (Å²) < 4.78 is 5.24. The molecule has 1 amide bonds. The van der Waals surface area contributed by atoms with Crippen LogP contribution in [0.2, 0.25) is 0 Å². The van der Waals surface area contributed by atoms with E-state index in [2.05, 4.69) is 16.7 Å². The third-order valence-electron chi connectivity index (χ3n) is 3.78. The van der Waals surface area contributed by atoms with Gasteiger partial charge in [-0.05, 0) is 48.2 Å². The Bertz CT molecular complexity index is 641. The molecule has 1 aliphatic heterocycles. The van der Waals surface area contributed by atoms with Crippen LogP contribution in [0.1, 0.15) is 23.1 Å². The van der Waals surface area contributed by atoms with E-state index in [-0.39, 0.29) is 6.61 Å². The van der Waals surface area contributed by atoms with Gasteiger partial charge in [0, 0.05) is 12.2 Å². The van der Waals surface area contributed by atoms with Crippen LogP contribution in [0.15, 0.2) is 48.5 Å². The zero-order valence-electron chi connectivity index (χ0n) is 12.5. The SMILES string of the molecule is O=C(Nc1ccc2c(c1)CNCCC2)OCc1ccccc1. The molecule has 0 unspecified atom stereocenters. The highest BCUT2D eigenvalue weighted by molar-refractivity contribution is 5.84. The second-order valence-electron chi connectivity index (χ2n) is 5.45. The van der Waals surface area contributed by atoms with Crippen LogP contribution in [0.3, 0.4) is 0 Å². The minimum absolute atomic E-state index is 0.277. The normalized spacial score (nSPS) is 13.8. The van der Waals surface area contributed by atoms with E-state index in [0.717, 1.165) is 37.2 Å². The van der Waals surface area contributed by atoms with E-state index in [1.54, 1.807) is 0 Å². The lowest BCUT2D eigenvalue weighted by Crippen LogP contribution is -2.15. The average Bonchev–Trinajstić information content (AvgIpc) is 2.79. The van der Waals surface area contributed by atoms with Crippen molar-refractivity contribution >= 4 is 11.8 Å². The molecule has 0 saturated carbocycles. The first-order valence-electron chi connectivity index (χ1n) is 7.61. The summed E-state index contributed by atoms with van der Waals surface area (Å²) in [6, 6.07) is 15.7. The fourth-order valence-electron chi connectivity index (χ4n) is 2.62. The number of rotatable bonds is 3. The van der Waals surface area contributed by atoms with E-state index in [0.29, 0.717) is 0 Å². The fourth-order valence-corrected chi connectivity index (χ4v) is 2.62. The number of carbonyl (C=O) groups is 1. The molecule has 4 nitrogen and oxygen atoms in total. The van der Waals surface area contributed by atoms with Crippen LogP contribution >= 0.6 is 0 Å². The number of benzene rings is 2. The molecule has 114 valence electrons. The Kier molecular flexibility index (Phi) is 4.71. The first kappa shape index (κ1) is 14.6. The summed E-state index contributed by atoms with van der Waals surface area (Å²) in [6.07, 6.45) is 1.81. The van der Waals surface area contributed by atoms with Gasteiger partial charge in [-0.2, -0.15) is 0 Å². The zero-order valence-corrected chi connectivity index (χ0v) is 12.5. The van der Waals surface area contributed by atoms with Crippen LogP contribution in [-0.4, -0.2) is 12.6 Å². The van der Waals surface area contributed by atoms with Gasteiger partial charge in [0.05, 0.1) is 0 Å². The molecular weight excluding hydrogens is 276 g/mol. The first-order chi connectivity index (χ1) is 10.8. The monoisotopic (exact) mass is 296 g/mol. The number of aryl methyl sites for hydroxylation is 1. The molecule has 0 radical (unpaired) electrons. The van der Waals surface area contributed by atoms with Gasteiger partial charge in [0.25, 0.3) is 0 Å². The summed E-state index contributed by atoms with van der Waals surface area (Å²) in [5.41, 5.74) is 4.36. The van der Waals surface area contributed by atoms with Crippen molar-refractivity contribution in [3.8, 4) is 0 Å². The number of fused-ring (bicyclic) bond motifs is 1. The van der Waals surface area contributed by atoms with Crippen molar-refractivity contribution in [2.75, 3.05) is 11.9 Å². The van der Waals surface area contributed by atoms with Crippen LogP contribution in [0.4, 0.5) is 10.5 Å². The van der Waals surface area contributed by atoms with Crippen molar-refractivity contribution in [2.45, 2.75) is 26.0 Å². The molecule has 0 bridgehead atoms. The third kappa shape index (κ3) is 3.86. The number of nitrogens with one attached hydrogen (secondary N) is 2. The maximum Gasteiger partial charge on any atom is 0.411 e. The summed E-state index contributed by atoms with van der Waals surface area (Å²) in [7, 11) is 0. The minimum atomic E-state index is -0.426. The summed E-state index contributed by atoms with van der Waals surface area (Å²) in [5, 5.41) is 6.18. The largest absolute Gasteiger partial charge is 0.444 e. The van der Waals surface area contributed by atoms with Crippen molar-refractivity contribution in [2.24, 2.45) is 0 Å². The molecule has 0 spiro atoms. The summed E-state index contributed by atoms with van der Waals surface area (Å²) in [6.45, 7) is 2.17. The average molecular weight is 296 g/mol. The van der Waals surface area contributed by atoms with Crippen molar-refractivity contribution < 1.29 is 9.53 Å². The smallest absolute Gasteiger partial charge is 0.411 e. The highest BCUT2D eigenvalue weighted by atomic mass is 16.5. The van der Waals surface area contributed by atoms with E-state index < -0.39 is 6.09 Å². The molecule has 4 heteroatoms. The van der Waals surface area contributed by atoms with E-state index >= 15 is 0 Å². The molecule has 0 aromatic heterocycles. The predicted molar refractivity (Wildman–Crippen MR) is 86.7 cm³/mol. The van der Waals surface area contributed by atoms with E-state index in [9.17, 15) is 4.79 Å². The Balaban J connectivity index is 1.58. The molecule has 2 N–H and O–H groups in total. The molecule has 0 fully saturated rings. The summed E-state index contributed by atoms with van der Waals surface area (Å²) in [5.74, 6) is 0. The molecule has 0 aliphatic carbocycles. The minimum Gasteiger partial charge on any atom is -0.444 e. The Hall–Kier alpha value is -2.33. The molecule has 3 rings (SSSR count). The Morgan fingerprint density at radius 3 is 2.86 bits per heavy atom. The zero-order chi connectivity index (χ0) is 15.2. The topological polar surface area (TPSA) is 50.4 Å².